The molecule has 1 aromatic carbocycles. The van der Waals surface area contributed by atoms with Crippen molar-refractivity contribution in [3.63, 3.8) is 0 Å². The fourth-order valence-electron chi connectivity index (χ4n) is 1.38. The van der Waals surface area contributed by atoms with E-state index in [-0.39, 0.29) is 0 Å². The molecule has 0 saturated carbocycles. The molecule has 0 aliphatic heterocycles. The van der Waals surface area contributed by atoms with Gasteiger partial charge in [-0.05, 0) is 13.3 Å². The van der Waals surface area contributed by atoms with Gasteiger partial charge in [0.05, 0.1) is 0 Å². The van der Waals surface area contributed by atoms with E-state index < -0.39 is 0 Å². The first-order valence-electron chi connectivity index (χ1n) is 5.42. The number of fused-ring (bicyclic) bond motifs is 1. The van der Waals surface area contributed by atoms with Gasteiger partial charge in [-0.15, -0.1) is 10.2 Å². The highest BCUT2D eigenvalue weighted by atomic mass is 35.5. The normalized spacial score (nSPS) is 11.8. The molecule has 4 nitrogen and oxygen atoms in total. The molecule has 0 amide bonds. The van der Waals surface area contributed by atoms with Crippen LogP contribution in [0.25, 0.3) is 10.8 Å². The lowest BCUT2D eigenvalue weighted by Gasteiger charge is -2.05. The van der Waals surface area contributed by atoms with E-state index in [4.69, 9.17) is 11.6 Å². The van der Waals surface area contributed by atoms with Gasteiger partial charge in [-0.1, -0.05) is 42.8 Å². The highest BCUT2D eigenvalue weighted by Gasteiger charge is 2.06. The number of anilines is 1. The maximum atomic E-state index is 5.98. The Labute approximate surface area is 105 Å². The minimum Gasteiger partial charge on any atom is -0.259 e. The van der Waals surface area contributed by atoms with Crippen molar-refractivity contribution in [2.45, 2.75) is 20.3 Å². The Balaban J connectivity index is 2.45. The summed E-state index contributed by atoms with van der Waals surface area (Å²) < 4.78 is 0. The molecular formula is C12H13ClN4. The molecule has 0 fully saturated rings. The van der Waals surface area contributed by atoms with Crippen LogP contribution in [0.1, 0.15) is 20.3 Å². The van der Waals surface area contributed by atoms with Crippen molar-refractivity contribution in [1.29, 1.82) is 0 Å². The van der Waals surface area contributed by atoms with Gasteiger partial charge in [0, 0.05) is 16.5 Å². The first kappa shape index (κ1) is 11.8. The zero-order valence-corrected chi connectivity index (χ0v) is 10.5. The molecule has 0 unspecified atom stereocenters. The largest absolute Gasteiger partial charge is 0.259 e. The Morgan fingerprint density at radius 1 is 1.29 bits per heavy atom. The minimum atomic E-state index is 0.405. The van der Waals surface area contributed by atoms with E-state index in [1.165, 1.54) is 0 Å². The highest BCUT2D eigenvalue weighted by Crippen LogP contribution is 2.25. The summed E-state index contributed by atoms with van der Waals surface area (Å²) in [6.07, 6.45) is 0.895. The molecule has 0 aliphatic carbocycles. The summed E-state index contributed by atoms with van der Waals surface area (Å²) in [4.78, 5) is 0. The summed E-state index contributed by atoms with van der Waals surface area (Å²) in [5, 5.41) is 14.3. The molecule has 1 heterocycles. The monoisotopic (exact) mass is 248 g/mol. The number of hydrogen-bond donors (Lipinski definition) is 1. The fraction of sp³-hybridized carbons (Fsp3) is 0.250. The van der Waals surface area contributed by atoms with Crippen LogP contribution in [0.5, 0.6) is 0 Å². The van der Waals surface area contributed by atoms with Gasteiger partial charge >= 0.3 is 0 Å². The number of nitrogens with zero attached hydrogens (tertiary/aromatic N) is 3. The van der Waals surface area contributed by atoms with Gasteiger partial charge in [-0.25, -0.2) is 0 Å². The standard InChI is InChI=1S/C12H13ClN4/c1-3-8(2)14-16-12-10-7-5-4-6-9(10)11(13)15-17-12/h4-7H,3H2,1-2H3,(H,16,17)/b14-8+. The molecule has 0 aliphatic rings. The van der Waals surface area contributed by atoms with Crippen LogP contribution in [0.15, 0.2) is 29.4 Å². The Kier molecular flexibility index (Phi) is 3.54. The summed E-state index contributed by atoms with van der Waals surface area (Å²) >= 11 is 5.98. The number of benzene rings is 1. The first-order valence-corrected chi connectivity index (χ1v) is 5.80. The van der Waals surface area contributed by atoms with Gasteiger partial charge in [-0.3, -0.25) is 5.43 Å². The van der Waals surface area contributed by atoms with Crippen molar-refractivity contribution in [3.05, 3.63) is 29.4 Å². The van der Waals surface area contributed by atoms with E-state index in [2.05, 4.69) is 20.7 Å². The Hall–Kier alpha value is -1.68. The van der Waals surface area contributed by atoms with E-state index in [0.29, 0.717) is 11.0 Å². The summed E-state index contributed by atoms with van der Waals surface area (Å²) in [7, 11) is 0. The summed E-state index contributed by atoms with van der Waals surface area (Å²) in [5.41, 5.74) is 3.93. The van der Waals surface area contributed by atoms with Crippen LogP contribution >= 0.6 is 11.6 Å². The van der Waals surface area contributed by atoms with Crippen LogP contribution in [0.2, 0.25) is 5.15 Å². The predicted octanol–water partition coefficient (Wildman–Crippen LogP) is 3.48. The third-order valence-electron chi connectivity index (χ3n) is 2.51. The second kappa shape index (κ2) is 5.10. The van der Waals surface area contributed by atoms with E-state index in [1.807, 2.05) is 38.1 Å². The van der Waals surface area contributed by atoms with Crippen molar-refractivity contribution in [2.75, 3.05) is 5.43 Å². The zero-order chi connectivity index (χ0) is 12.3. The van der Waals surface area contributed by atoms with Gasteiger partial charge in [0.25, 0.3) is 0 Å². The van der Waals surface area contributed by atoms with E-state index in [9.17, 15) is 0 Å². The summed E-state index contributed by atoms with van der Waals surface area (Å²) in [6.45, 7) is 4.00. The van der Waals surface area contributed by atoms with Gasteiger partial charge in [0.2, 0.25) is 0 Å². The lowest BCUT2D eigenvalue weighted by molar-refractivity contribution is 1.04. The number of aromatic nitrogens is 2. The third-order valence-corrected chi connectivity index (χ3v) is 2.79. The molecule has 0 radical (unpaired) electrons. The second-order valence-electron chi connectivity index (χ2n) is 3.70. The van der Waals surface area contributed by atoms with Crippen LogP contribution in [0.4, 0.5) is 5.82 Å². The molecule has 17 heavy (non-hydrogen) atoms. The Morgan fingerprint density at radius 2 is 2.00 bits per heavy atom. The van der Waals surface area contributed by atoms with Crippen LogP contribution in [-0.4, -0.2) is 15.9 Å². The van der Waals surface area contributed by atoms with Gasteiger partial charge < -0.3 is 0 Å². The Bertz CT molecular complexity index is 565. The quantitative estimate of drug-likeness (QED) is 0.668. The lowest BCUT2D eigenvalue weighted by Crippen LogP contribution is -2.00. The van der Waals surface area contributed by atoms with Gasteiger partial charge in [-0.2, -0.15) is 5.10 Å². The van der Waals surface area contributed by atoms with E-state index >= 15 is 0 Å². The summed E-state index contributed by atoms with van der Waals surface area (Å²) in [6, 6.07) is 7.70. The van der Waals surface area contributed by atoms with Crippen molar-refractivity contribution >= 4 is 33.9 Å². The average molecular weight is 249 g/mol. The molecule has 2 rings (SSSR count). The van der Waals surface area contributed by atoms with Crippen LogP contribution < -0.4 is 5.43 Å². The minimum absolute atomic E-state index is 0.405. The SMILES string of the molecule is CC/C(C)=N/Nc1nnc(Cl)c2ccccc12. The third kappa shape index (κ3) is 2.53. The number of hydrazone groups is 1. The molecule has 88 valence electrons. The lowest BCUT2D eigenvalue weighted by atomic mass is 10.2. The molecule has 0 saturated heterocycles. The molecule has 0 spiro atoms. The number of rotatable bonds is 3. The molecular weight excluding hydrogens is 236 g/mol. The van der Waals surface area contributed by atoms with Gasteiger partial charge in [0.1, 0.15) is 0 Å². The maximum Gasteiger partial charge on any atom is 0.176 e. The van der Waals surface area contributed by atoms with Crippen molar-refractivity contribution in [1.82, 2.24) is 10.2 Å². The molecule has 0 bridgehead atoms. The average Bonchev–Trinajstić information content (AvgIpc) is 2.38. The topological polar surface area (TPSA) is 50.2 Å². The predicted molar refractivity (Wildman–Crippen MR) is 71.6 cm³/mol. The fourth-order valence-corrected chi connectivity index (χ4v) is 1.58. The van der Waals surface area contributed by atoms with Crippen molar-refractivity contribution < 1.29 is 0 Å². The van der Waals surface area contributed by atoms with Crippen LogP contribution in [0.3, 0.4) is 0 Å². The molecule has 2 aromatic rings. The smallest absolute Gasteiger partial charge is 0.176 e. The number of nitrogens with one attached hydrogen (secondary N) is 1. The molecule has 5 heteroatoms. The van der Waals surface area contributed by atoms with Crippen molar-refractivity contribution in [2.24, 2.45) is 5.10 Å². The summed E-state index contributed by atoms with van der Waals surface area (Å²) in [5.74, 6) is 0.623. The zero-order valence-electron chi connectivity index (χ0n) is 9.74. The first-order chi connectivity index (χ1) is 8.22. The van der Waals surface area contributed by atoms with Crippen LogP contribution in [0, 0.1) is 0 Å². The molecule has 1 N–H and O–H groups in total. The van der Waals surface area contributed by atoms with E-state index in [1.54, 1.807) is 0 Å². The van der Waals surface area contributed by atoms with Crippen molar-refractivity contribution in [3.8, 4) is 0 Å². The maximum absolute atomic E-state index is 5.98. The number of hydrogen-bond acceptors (Lipinski definition) is 4. The van der Waals surface area contributed by atoms with E-state index in [0.717, 1.165) is 22.9 Å². The van der Waals surface area contributed by atoms with Crippen LogP contribution in [-0.2, 0) is 0 Å². The second-order valence-corrected chi connectivity index (χ2v) is 4.06. The highest BCUT2D eigenvalue weighted by molar-refractivity contribution is 6.34. The molecule has 0 atom stereocenters. The molecule has 1 aromatic heterocycles. The Morgan fingerprint density at radius 3 is 2.71 bits per heavy atom. The van der Waals surface area contributed by atoms with Gasteiger partial charge in [0.15, 0.2) is 11.0 Å². The number of halogens is 1.